The fourth-order valence-electron chi connectivity index (χ4n) is 4.25. The summed E-state index contributed by atoms with van der Waals surface area (Å²) in [4.78, 5) is 0. The maximum atomic E-state index is 14.6. The smallest absolute Gasteiger partial charge is 0.414 e. The fourth-order valence-corrected chi connectivity index (χ4v) is 9.98. The quantitative estimate of drug-likeness (QED) is 0.0655. The average molecular weight is 763 g/mol. The van der Waals surface area contributed by atoms with E-state index in [4.69, 9.17) is 27.1 Å². The predicted molar refractivity (Wildman–Crippen MR) is 186 cm³/mol. The molecular formula is C34H31F4N3O7P3+. The lowest BCUT2D eigenvalue weighted by atomic mass is 10.2. The van der Waals surface area contributed by atoms with Crippen LogP contribution in [0.4, 0.5) is 17.6 Å². The summed E-state index contributed by atoms with van der Waals surface area (Å²) in [6, 6.07) is 30.2. The minimum Gasteiger partial charge on any atom is -0.414 e. The zero-order chi connectivity index (χ0) is 36.5. The van der Waals surface area contributed by atoms with Crippen LogP contribution in [0.5, 0.6) is 28.7 Å². The highest BCUT2D eigenvalue weighted by molar-refractivity contribution is 7.69. The second-order valence-corrected chi connectivity index (χ2v) is 15.7. The molecule has 0 radical (unpaired) electrons. The number of aliphatic hydroxyl groups excluding tert-OH is 1. The molecule has 0 amide bonds. The minimum atomic E-state index is -4.73. The molecule has 2 N–H and O–H groups in total. The molecule has 266 valence electrons. The van der Waals surface area contributed by atoms with Crippen LogP contribution >= 0.6 is 23.5 Å². The van der Waals surface area contributed by atoms with Crippen molar-refractivity contribution in [3.8, 4) is 28.7 Å². The van der Waals surface area contributed by atoms with Crippen molar-refractivity contribution in [2.24, 2.45) is 9.03 Å². The monoisotopic (exact) mass is 762 g/mol. The fraction of sp³-hybridized carbons (Fsp3) is 0.118. The third-order valence-corrected chi connectivity index (χ3v) is 12.2. The van der Waals surface area contributed by atoms with Gasteiger partial charge in [0.25, 0.3) is 0 Å². The van der Waals surface area contributed by atoms with Gasteiger partial charge in [0, 0.05) is 6.07 Å². The molecule has 0 aliphatic carbocycles. The maximum absolute atomic E-state index is 14.6. The molecule has 5 aromatic rings. The Labute approximate surface area is 292 Å². The first-order valence-electron chi connectivity index (χ1n) is 14.9. The lowest BCUT2D eigenvalue weighted by Gasteiger charge is -2.24. The van der Waals surface area contributed by atoms with E-state index in [1.165, 1.54) is 30.3 Å². The molecule has 0 saturated carbocycles. The van der Waals surface area contributed by atoms with Gasteiger partial charge in [-0.3, -0.25) is 0 Å². The van der Waals surface area contributed by atoms with Crippen LogP contribution in [0.3, 0.4) is 0 Å². The Morgan fingerprint density at radius 3 is 1.73 bits per heavy atom. The van der Waals surface area contributed by atoms with Crippen molar-refractivity contribution in [1.82, 2.24) is 0 Å². The topological polar surface area (TPSA) is 124 Å². The van der Waals surface area contributed by atoms with E-state index in [1.54, 1.807) is 86.6 Å². The molecular weight excluding hydrogens is 731 g/mol. The molecule has 0 saturated heterocycles. The number of aryl methyl sites for hydroxylation is 2. The normalized spacial score (nSPS) is 14.1. The van der Waals surface area contributed by atoms with Crippen molar-refractivity contribution in [2.45, 2.75) is 20.0 Å². The summed E-state index contributed by atoms with van der Waals surface area (Å²) in [5.41, 5.74) is 0.428. The SMILES string of the molecule is Cc1cccc(OP(=N)(N=P(N=[P+](OCO)Oc2ccccc2)(Oc2cccc(C)c2)Oc2cccc(F)c2)Oc2cccc(C(F)(F)F)c2)c1. The van der Waals surface area contributed by atoms with E-state index in [0.29, 0.717) is 6.07 Å². The largest absolute Gasteiger partial charge is 0.627 e. The van der Waals surface area contributed by atoms with Gasteiger partial charge in [0.2, 0.25) is 6.79 Å². The van der Waals surface area contributed by atoms with Crippen molar-refractivity contribution in [2.75, 3.05) is 6.79 Å². The molecule has 0 bridgehead atoms. The van der Waals surface area contributed by atoms with E-state index in [-0.39, 0.29) is 23.0 Å². The molecule has 17 heteroatoms. The summed E-state index contributed by atoms with van der Waals surface area (Å²) in [6.07, 6.45) is -4.73. The number of benzene rings is 5. The predicted octanol–water partition coefficient (Wildman–Crippen LogP) is 12.1. The van der Waals surface area contributed by atoms with Gasteiger partial charge in [-0.05, 0) is 91.7 Å². The van der Waals surface area contributed by atoms with Crippen LogP contribution in [-0.4, -0.2) is 11.9 Å². The molecule has 3 unspecified atom stereocenters. The van der Waals surface area contributed by atoms with Crippen LogP contribution in [0.15, 0.2) is 136 Å². The molecule has 10 nitrogen and oxygen atoms in total. The van der Waals surface area contributed by atoms with Crippen LogP contribution in [0.25, 0.3) is 0 Å². The van der Waals surface area contributed by atoms with E-state index >= 15 is 0 Å². The number of alkyl halides is 3. The molecule has 0 spiro atoms. The van der Waals surface area contributed by atoms with Gasteiger partial charge in [-0.25, -0.2) is 14.1 Å². The van der Waals surface area contributed by atoms with Gasteiger partial charge >= 0.3 is 29.7 Å². The Bertz CT molecular complexity index is 2050. The van der Waals surface area contributed by atoms with E-state index < -0.39 is 53.6 Å². The van der Waals surface area contributed by atoms with E-state index in [0.717, 1.165) is 29.3 Å². The van der Waals surface area contributed by atoms with Gasteiger partial charge in [0.1, 0.15) is 28.8 Å². The van der Waals surface area contributed by atoms with Gasteiger partial charge in [0.05, 0.1) is 10.1 Å². The lowest BCUT2D eigenvalue weighted by Crippen LogP contribution is -2.06. The third-order valence-electron chi connectivity index (χ3n) is 6.36. The number of aliphatic hydroxyl groups is 1. The second-order valence-electron chi connectivity index (χ2n) is 10.6. The Balaban J connectivity index is 1.80. The van der Waals surface area contributed by atoms with Crippen molar-refractivity contribution < 1.29 is 49.8 Å². The minimum absolute atomic E-state index is 0.0860. The van der Waals surface area contributed by atoms with Gasteiger partial charge in [-0.1, -0.05) is 63.6 Å². The first-order valence-corrected chi connectivity index (χ1v) is 19.2. The zero-order valence-electron chi connectivity index (χ0n) is 27.0. The van der Waals surface area contributed by atoms with Crippen molar-refractivity contribution in [1.29, 1.82) is 5.16 Å². The second kappa shape index (κ2) is 16.5. The molecule has 0 heterocycles. The van der Waals surface area contributed by atoms with Crippen molar-refractivity contribution >= 4 is 23.5 Å². The summed E-state index contributed by atoms with van der Waals surface area (Å²) >= 11 is 0. The van der Waals surface area contributed by atoms with E-state index in [9.17, 15) is 27.8 Å². The third kappa shape index (κ3) is 11.1. The highest BCUT2D eigenvalue weighted by Crippen LogP contribution is 2.67. The molecule has 0 fully saturated rings. The summed E-state index contributed by atoms with van der Waals surface area (Å²) in [5, 5.41) is 19.4. The highest BCUT2D eigenvalue weighted by Gasteiger charge is 2.42. The van der Waals surface area contributed by atoms with Crippen LogP contribution < -0.4 is 22.6 Å². The first kappa shape index (κ1) is 37.6. The Morgan fingerprint density at radius 1 is 0.667 bits per heavy atom. The van der Waals surface area contributed by atoms with Crippen LogP contribution in [0.1, 0.15) is 16.7 Å². The summed E-state index contributed by atoms with van der Waals surface area (Å²) in [6.45, 7) is 2.67. The number of nitrogens with zero attached hydrogens (tertiary/aromatic N) is 2. The van der Waals surface area contributed by atoms with Gasteiger partial charge in [-0.2, -0.15) is 13.2 Å². The molecule has 0 aliphatic rings. The molecule has 51 heavy (non-hydrogen) atoms. The van der Waals surface area contributed by atoms with Gasteiger partial charge in [0.15, 0.2) is 5.75 Å². The molecule has 3 atom stereocenters. The Hall–Kier alpha value is -4.70. The molecule has 0 aromatic heterocycles. The van der Waals surface area contributed by atoms with E-state index in [2.05, 4.69) is 9.03 Å². The number of halogens is 4. The van der Waals surface area contributed by atoms with Crippen LogP contribution in [0.2, 0.25) is 0 Å². The standard InChI is InChI=1S/C34H31F4N3O7P3/c1-25-10-6-16-30(20-25)45-50(39,46-32-18-8-12-27(22-32)34(36,37)38)41-51(47-31-17-7-11-26(2)21-31,48-33-19-9-13-28(35)23-33)40-49(43-24-42)44-29-14-4-3-5-15-29/h3-23,39,42H,24H2,1-2H3/q+1. The first-order chi connectivity index (χ1) is 24.3. The number of para-hydroxylation sites is 1. The molecule has 5 rings (SSSR count). The summed E-state index contributed by atoms with van der Waals surface area (Å²) in [5.74, 6) is -0.765. The highest BCUT2D eigenvalue weighted by atomic mass is 31.2. The van der Waals surface area contributed by atoms with Crippen molar-refractivity contribution in [3.63, 3.8) is 0 Å². The zero-order valence-corrected chi connectivity index (χ0v) is 29.7. The summed E-state index contributed by atoms with van der Waals surface area (Å²) < 4.78 is 101. The number of nitrogens with one attached hydrogen (secondary N) is 1. The van der Waals surface area contributed by atoms with E-state index in [1.807, 2.05) is 0 Å². The van der Waals surface area contributed by atoms with Gasteiger partial charge < -0.3 is 23.2 Å². The lowest BCUT2D eigenvalue weighted by molar-refractivity contribution is -0.137. The Kier molecular flexibility index (Phi) is 12.2. The number of hydrogen-bond acceptors (Lipinski definition) is 8. The Morgan fingerprint density at radius 2 is 1.18 bits per heavy atom. The average Bonchev–Trinajstić information content (AvgIpc) is 3.05. The number of hydrogen-bond donors (Lipinski definition) is 2. The van der Waals surface area contributed by atoms with Crippen molar-refractivity contribution in [3.05, 3.63) is 150 Å². The van der Waals surface area contributed by atoms with Crippen LogP contribution in [-0.2, 0) is 10.7 Å². The van der Waals surface area contributed by atoms with Crippen LogP contribution in [0, 0.1) is 24.8 Å². The number of rotatable bonds is 14. The molecule has 5 aromatic carbocycles. The van der Waals surface area contributed by atoms with Gasteiger partial charge in [-0.15, -0.1) is 0 Å². The maximum Gasteiger partial charge on any atom is 0.627 e. The molecule has 0 aliphatic heterocycles. The summed E-state index contributed by atoms with van der Waals surface area (Å²) in [7, 11) is -11.7.